The monoisotopic (exact) mass is 340 g/mol. The molecular weight excluding hydrogens is 316 g/mol. The van der Waals surface area contributed by atoms with Crippen molar-refractivity contribution < 1.29 is 14.3 Å². The molecule has 2 aromatic rings. The Kier molecular flexibility index (Phi) is 5.80. The second-order valence-electron chi connectivity index (χ2n) is 6.12. The highest BCUT2D eigenvalue weighted by atomic mass is 16.5. The summed E-state index contributed by atoms with van der Waals surface area (Å²) in [5.41, 5.74) is 9.00. The highest BCUT2D eigenvalue weighted by Gasteiger charge is 2.21. The van der Waals surface area contributed by atoms with Gasteiger partial charge in [-0.25, -0.2) is 0 Å². The van der Waals surface area contributed by atoms with Crippen LogP contribution in [0.3, 0.4) is 0 Å². The van der Waals surface area contributed by atoms with E-state index in [1.54, 1.807) is 25.1 Å². The average Bonchev–Trinajstić information content (AvgIpc) is 2.57. The molecule has 1 atom stereocenters. The normalized spacial score (nSPS) is 11.7. The van der Waals surface area contributed by atoms with Gasteiger partial charge in [0.1, 0.15) is 5.75 Å². The Balaban J connectivity index is 2.19. The van der Waals surface area contributed by atoms with Crippen LogP contribution in [-0.4, -0.2) is 17.9 Å². The molecule has 5 nitrogen and oxygen atoms in total. The Morgan fingerprint density at radius 3 is 2.52 bits per heavy atom. The molecule has 25 heavy (non-hydrogen) atoms. The smallest absolute Gasteiger partial charge is 0.265 e. The summed E-state index contributed by atoms with van der Waals surface area (Å²) in [6.07, 6.45) is -0.106. The lowest BCUT2D eigenvalue weighted by atomic mass is 10.1. The van der Waals surface area contributed by atoms with Gasteiger partial charge in [-0.15, -0.1) is 0 Å². The quantitative estimate of drug-likeness (QED) is 0.844. The number of nitrogens with one attached hydrogen (secondary N) is 1. The van der Waals surface area contributed by atoms with Gasteiger partial charge in [0.2, 0.25) is 5.91 Å². The van der Waals surface area contributed by atoms with Crippen LogP contribution in [0.1, 0.15) is 40.4 Å². The van der Waals surface area contributed by atoms with Gasteiger partial charge in [0, 0.05) is 11.3 Å². The SMILES string of the molecule is CCC(Oc1cc(C)ccc1C)C(=O)Nc1cccc(C(N)=O)c1C. The summed E-state index contributed by atoms with van der Waals surface area (Å²) in [7, 11) is 0. The van der Waals surface area contributed by atoms with Crippen molar-refractivity contribution in [2.75, 3.05) is 5.32 Å². The van der Waals surface area contributed by atoms with E-state index in [4.69, 9.17) is 10.5 Å². The van der Waals surface area contributed by atoms with Gasteiger partial charge in [-0.2, -0.15) is 0 Å². The number of rotatable bonds is 6. The van der Waals surface area contributed by atoms with Gasteiger partial charge in [-0.1, -0.05) is 25.1 Å². The van der Waals surface area contributed by atoms with E-state index in [1.807, 2.05) is 39.0 Å². The standard InChI is InChI=1S/C20H24N2O3/c1-5-17(25-18-11-12(2)9-10-13(18)3)20(24)22-16-8-6-7-15(14(16)4)19(21)23/h6-11,17H,5H2,1-4H3,(H2,21,23)(H,22,24). The third-order valence-electron chi connectivity index (χ3n) is 4.13. The maximum Gasteiger partial charge on any atom is 0.265 e. The van der Waals surface area contributed by atoms with Crippen LogP contribution in [0.25, 0.3) is 0 Å². The predicted octanol–water partition coefficient (Wildman–Crippen LogP) is 3.51. The van der Waals surface area contributed by atoms with Crippen molar-refractivity contribution in [3.63, 3.8) is 0 Å². The lowest BCUT2D eigenvalue weighted by Gasteiger charge is -2.20. The van der Waals surface area contributed by atoms with E-state index in [1.165, 1.54) is 0 Å². The Bertz CT molecular complexity index is 800. The van der Waals surface area contributed by atoms with E-state index in [9.17, 15) is 9.59 Å². The largest absolute Gasteiger partial charge is 0.480 e. The molecule has 3 N–H and O–H groups in total. The molecule has 5 heteroatoms. The van der Waals surface area contributed by atoms with Crippen molar-refractivity contribution in [1.29, 1.82) is 0 Å². The second kappa shape index (κ2) is 7.83. The zero-order chi connectivity index (χ0) is 18.6. The number of hydrogen-bond acceptors (Lipinski definition) is 3. The van der Waals surface area contributed by atoms with E-state index >= 15 is 0 Å². The number of carbonyl (C=O) groups excluding carboxylic acids is 2. The first-order valence-corrected chi connectivity index (χ1v) is 8.27. The van der Waals surface area contributed by atoms with Crippen molar-refractivity contribution in [1.82, 2.24) is 0 Å². The number of nitrogens with two attached hydrogens (primary N) is 1. The molecule has 0 heterocycles. The molecular formula is C20H24N2O3. The molecule has 0 spiro atoms. The molecule has 0 aromatic heterocycles. The zero-order valence-electron chi connectivity index (χ0n) is 15.1. The number of hydrogen-bond donors (Lipinski definition) is 2. The van der Waals surface area contributed by atoms with Gasteiger partial charge < -0.3 is 15.8 Å². The fraction of sp³-hybridized carbons (Fsp3) is 0.300. The Morgan fingerprint density at radius 2 is 1.88 bits per heavy atom. The van der Waals surface area contributed by atoms with Crippen LogP contribution < -0.4 is 15.8 Å². The fourth-order valence-electron chi connectivity index (χ4n) is 2.56. The number of ether oxygens (including phenoxy) is 1. The van der Waals surface area contributed by atoms with E-state index in [0.717, 1.165) is 11.1 Å². The van der Waals surface area contributed by atoms with Crippen molar-refractivity contribution >= 4 is 17.5 Å². The lowest BCUT2D eigenvalue weighted by molar-refractivity contribution is -0.122. The minimum Gasteiger partial charge on any atom is -0.480 e. The average molecular weight is 340 g/mol. The van der Waals surface area contributed by atoms with Crippen molar-refractivity contribution in [3.8, 4) is 5.75 Å². The number of amides is 2. The molecule has 0 radical (unpaired) electrons. The molecule has 0 saturated heterocycles. The van der Waals surface area contributed by atoms with Crippen LogP contribution in [0.2, 0.25) is 0 Å². The summed E-state index contributed by atoms with van der Waals surface area (Å²) in [5, 5.41) is 2.84. The van der Waals surface area contributed by atoms with Gasteiger partial charge in [0.05, 0.1) is 0 Å². The first-order valence-electron chi connectivity index (χ1n) is 8.27. The Morgan fingerprint density at radius 1 is 1.16 bits per heavy atom. The maximum absolute atomic E-state index is 12.6. The van der Waals surface area contributed by atoms with Crippen molar-refractivity contribution in [2.45, 2.75) is 40.2 Å². The third-order valence-corrected chi connectivity index (χ3v) is 4.13. The molecule has 2 amide bonds. The first-order chi connectivity index (χ1) is 11.8. The molecule has 0 aliphatic heterocycles. The van der Waals surface area contributed by atoms with Gasteiger partial charge in [-0.3, -0.25) is 9.59 Å². The molecule has 0 fully saturated rings. The molecule has 0 aliphatic carbocycles. The van der Waals surface area contributed by atoms with Crippen molar-refractivity contribution in [2.24, 2.45) is 5.73 Å². The highest BCUT2D eigenvalue weighted by molar-refractivity contribution is 5.99. The van der Waals surface area contributed by atoms with E-state index in [-0.39, 0.29) is 5.91 Å². The summed E-state index contributed by atoms with van der Waals surface area (Å²) in [6.45, 7) is 7.57. The topological polar surface area (TPSA) is 81.4 Å². The number of primary amides is 1. The first kappa shape index (κ1) is 18.5. The number of carbonyl (C=O) groups is 2. The van der Waals surface area contributed by atoms with E-state index < -0.39 is 12.0 Å². The van der Waals surface area contributed by atoms with Crippen LogP contribution in [-0.2, 0) is 4.79 Å². The van der Waals surface area contributed by atoms with Crippen LogP contribution in [0.5, 0.6) is 5.75 Å². The summed E-state index contributed by atoms with van der Waals surface area (Å²) >= 11 is 0. The summed E-state index contributed by atoms with van der Waals surface area (Å²) < 4.78 is 5.92. The van der Waals surface area contributed by atoms with Gasteiger partial charge in [0.25, 0.3) is 5.91 Å². The van der Waals surface area contributed by atoms with E-state index in [2.05, 4.69) is 5.32 Å². The van der Waals surface area contributed by atoms with Crippen LogP contribution in [0.4, 0.5) is 5.69 Å². The maximum atomic E-state index is 12.6. The minimum atomic E-state index is -0.628. The van der Waals surface area contributed by atoms with Gasteiger partial charge in [0.15, 0.2) is 6.10 Å². The van der Waals surface area contributed by atoms with Gasteiger partial charge in [-0.05, 0) is 62.1 Å². The second-order valence-corrected chi connectivity index (χ2v) is 6.12. The van der Waals surface area contributed by atoms with Crippen LogP contribution >= 0.6 is 0 Å². The molecule has 2 aromatic carbocycles. The minimum absolute atomic E-state index is 0.256. The number of benzene rings is 2. The fourth-order valence-corrected chi connectivity index (χ4v) is 2.56. The summed E-state index contributed by atoms with van der Waals surface area (Å²) in [4.78, 5) is 24.1. The zero-order valence-corrected chi connectivity index (χ0v) is 15.1. The highest BCUT2D eigenvalue weighted by Crippen LogP contribution is 2.23. The molecule has 132 valence electrons. The summed E-state index contributed by atoms with van der Waals surface area (Å²) in [5.74, 6) is -0.0787. The number of aryl methyl sites for hydroxylation is 2. The van der Waals surface area contributed by atoms with E-state index in [0.29, 0.717) is 29.0 Å². The van der Waals surface area contributed by atoms with Crippen molar-refractivity contribution in [3.05, 3.63) is 58.7 Å². The van der Waals surface area contributed by atoms with Gasteiger partial charge >= 0.3 is 0 Å². The third kappa shape index (κ3) is 4.38. The molecule has 0 saturated carbocycles. The Hall–Kier alpha value is -2.82. The predicted molar refractivity (Wildman–Crippen MR) is 98.9 cm³/mol. The molecule has 0 bridgehead atoms. The summed E-state index contributed by atoms with van der Waals surface area (Å²) in [6, 6.07) is 11.0. The number of anilines is 1. The van der Waals surface area contributed by atoms with Crippen LogP contribution in [0, 0.1) is 20.8 Å². The molecule has 2 rings (SSSR count). The molecule has 0 aliphatic rings. The van der Waals surface area contributed by atoms with Crippen LogP contribution in [0.15, 0.2) is 36.4 Å². The Labute approximate surface area is 148 Å². The molecule has 1 unspecified atom stereocenters. The lowest BCUT2D eigenvalue weighted by Crippen LogP contribution is -2.33.